The smallest absolute Gasteiger partial charge is 0.141 e. The molecule has 1 aromatic heterocycles. The maximum Gasteiger partial charge on any atom is 0.141 e. The number of halogens is 1. The van der Waals surface area contributed by atoms with Crippen molar-refractivity contribution in [3.63, 3.8) is 0 Å². The summed E-state index contributed by atoms with van der Waals surface area (Å²) in [7, 11) is 0. The number of aryl methyl sites for hydroxylation is 1. The van der Waals surface area contributed by atoms with Crippen molar-refractivity contribution in [2.75, 3.05) is 0 Å². The van der Waals surface area contributed by atoms with Gasteiger partial charge in [0.25, 0.3) is 0 Å². The normalized spacial score (nSPS) is 18.6. The van der Waals surface area contributed by atoms with Gasteiger partial charge in [-0.15, -0.1) is 0 Å². The molecule has 1 fully saturated rings. The van der Waals surface area contributed by atoms with Gasteiger partial charge in [-0.05, 0) is 37.8 Å². The average molecular weight is 181 g/mol. The van der Waals surface area contributed by atoms with Crippen LogP contribution in [0.1, 0.15) is 25.0 Å². The molecule has 0 radical (unpaired) electrons. The highest BCUT2D eigenvalue weighted by atomic mass is 19.1. The highest BCUT2D eigenvalue weighted by Crippen LogP contribution is 2.38. The summed E-state index contributed by atoms with van der Waals surface area (Å²) in [6.45, 7) is 0. The summed E-state index contributed by atoms with van der Waals surface area (Å²) in [5, 5.41) is 9.54. The van der Waals surface area contributed by atoms with Crippen LogP contribution < -0.4 is 0 Å². The van der Waals surface area contributed by atoms with Gasteiger partial charge in [-0.2, -0.15) is 0 Å². The first-order valence-corrected chi connectivity index (χ1v) is 4.51. The van der Waals surface area contributed by atoms with Gasteiger partial charge < -0.3 is 5.11 Å². The second kappa shape index (κ2) is 3.07. The molecule has 0 spiro atoms. The zero-order valence-corrected chi connectivity index (χ0v) is 7.33. The van der Waals surface area contributed by atoms with E-state index in [-0.39, 0.29) is 5.82 Å². The lowest BCUT2D eigenvalue weighted by Gasteiger charge is -2.05. The minimum Gasteiger partial charge on any atom is -0.390 e. The van der Waals surface area contributed by atoms with Crippen molar-refractivity contribution < 1.29 is 9.50 Å². The minimum atomic E-state index is -0.434. The second-order valence-electron chi connectivity index (χ2n) is 3.69. The number of rotatable bonds is 3. The Kier molecular flexibility index (Phi) is 2.04. The Morgan fingerprint density at radius 1 is 1.46 bits per heavy atom. The first kappa shape index (κ1) is 8.63. The summed E-state index contributed by atoms with van der Waals surface area (Å²) >= 11 is 0. The molecule has 0 amide bonds. The fraction of sp³-hybridized carbons (Fsp3) is 0.500. The maximum absolute atomic E-state index is 12.5. The summed E-state index contributed by atoms with van der Waals surface area (Å²) < 4.78 is 12.5. The third-order valence-corrected chi connectivity index (χ3v) is 2.46. The van der Waals surface area contributed by atoms with E-state index in [1.165, 1.54) is 12.3 Å². The molecule has 1 aliphatic carbocycles. The van der Waals surface area contributed by atoms with E-state index in [4.69, 9.17) is 0 Å². The predicted molar refractivity (Wildman–Crippen MR) is 46.7 cm³/mol. The zero-order valence-electron chi connectivity index (χ0n) is 7.33. The molecule has 70 valence electrons. The van der Waals surface area contributed by atoms with Crippen LogP contribution in [0.25, 0.3) is 0 Å². The molecule has 0 saturated heterocycles. The van der Waals surface area contributed by atoms with E-state index in [9.17, 15) is 9.50 Å². The van der Waals surface area contributed by atoms with Gasteiger partial charge in [0, 0.05) is 5.69 Å². The number of hydrogen-bond acceptors (Lipinski definition) is 2. The van der Waals surface area contributed by atoms with Gasteiger partial charge in [-0.25, -0.2) is 4.39 Å². The van der Waals surface area contributed by atoms with Crippen molar-refractivity contribution in [2.45, 2.75) is 31.3 Å². The Hall–Kier alpha value is -0.960. The third kappa shape index (κ3) is 2.25. The first-order chi connectivity index (χ1) is 6.18. The van der Waals surface area contributed by atoms with Crippen molar-refractivity contribution >= 4 is 0 Å². The van der Waals surface area contributed by atoms with Gasteiger partial charge in [0.2, 0.25) is 0 Å². The number of aliphatic hydroxyl groups is 1. The fourth-order valence-corrected chi connectivity index (χ4v) is 1.31. The molecule has 0 atom stereocenters. The van der Waals surface area contributed by atoms with Gasteiger partial charge in [-0.3, -0.25) is 4.98 Å². The Morgan fingerprint density at radius 2 is 2.23 bits per heavy atom. The van der Waals surface area contributed by atoms with Crippen LogP contribution in [0.15, 0.2) is 18.3 Å². The molecule has 0 aromatic carbocycles. The predicted octanol–water partition coefficient (Wildman–Crippen LogP) is 1.68. The average Bonchev–Trinajstić information content (AvgIpc) is 2.84. The van der Waals surface area contributed by atoms with E-state index in [0.717, 1.165) is 31.4 Å². The standard InChI is InChI=1S/C10H12FNO/c11-8-1-2-9(12-7-8)3-4-10(13)5-6-10/h1-2,7,13H,3-6H2. The van der Waals surface area contributed by atoms with E-state index >= 15 is 0 Å². The lowest BCUT2D eigenvalue weighted by atomic mass is 10.1. The van der Waals surface area contributed by atoms with Gasteiger partial charge in [0.1, 0.15) is 5.82 Å². The third-order valence-electron chi connectivity index (χ3n) is 2.46. The van der Waals surface area contributed by atoms with E-state index in [1.807, 2.05) is 0 Å². The molecule has 2 nitrogen and oxygen atoms in total. The molecule has 1 N–H and O–H groups in total. The van der Waals surface area contributed by atoms with Crippen molar-refractivity contribution in [2.24, 2.45) is 0 Å². The number of nitrogens with zero attached hydrogens (tertiary/aromatic N) is 1. The van der Waals surface area contributed by atoms with Crippen LogP contribution >= 0.6 is 0 Å². The van der Waals surface area contributed by atoms with Crippen molar-refractivity contribution in [3.8, 4) is 0 Å². The van der Waals surface area contributed by atoms with Crippen molar-refractivity contribution in [1.29, 1.82) is 0 Å². The van der Waals surface area contributed by atoms with E-state index in [1.54, 1.807) is 6.07 Å². The summed E-state index contributed by atoms with van der Waals surface area (Å²) in [6, 6.07) is 3.07. The number of aromatic nitrogens is 1. The largest absolute Gasteiger partial charge is 0.390 e. The topological polar surface area (TPSA) is 33.1 Å². The van der Waals surface area contributed by atoms with E-state index < -0.39 is 5.60 Å². The lowest BCUT2D eigenvalue weighted by molar-refractivity contribution is 0.140. The first-order valence-electron chi connectivity index (χ1n) is 4.51. The van der Waals surface area contributed by atoms with Crippen LogP contribution in [0.5, 0.6) is 0 Å². The van der Waals surface area contributed by atoms with Gasteiger partial charge in [-0.1, -0.05) is 0 Å². The monoisotopic (exact) mass is 181 g/mol. The molecular formula is C10H12FNO. The Balaban J connectivity index is 1.91. The maximum atomic E-state index is 12.5. The molecule has 2 rings (SSSR count). The lowest BCUT2D eigenvalue weighted by Crippen LogP contribution is -2.08. The molecule has 1 aromatic rings. The molecule has 1 heterocycles. The minimum absolute atomic E-state index is 0.311. The molecule has 0 unspecified atom stereocenters. The summed E-state index contributed by atoms with van der Waals surface area (Å²) in [6.07, 6.45) is 4.48. The van der Waals surface area contributed by atoms with E-state index in [2.05, 4.69) is 4.98 Å². The van der Waals surface area contributed by atoms with Crippen molar-refractivity contribution in [1.82, 2.24) is 4.98 Å². The van der Waals surface area contributed by atoms with Gasteiger partial charge in [0.05, 0.1) is 11.8 Å². The number of hydrogen-bond donors (Lipinski definition) is 1. The highest BCUT2D eigenvalue weighted by Gasteiger charge is 2.39. The van der Waals surface area contributed by atoms with Gasteiger partial charge in [0.15, 0.2) is 0 Å². The molecule has 3 heteroatoms. The SMILES string of the molecule is OC1(CCc2ccc(F)cn2)CC1. The summed E-state index contributed by atoms with van der Waals surface area (Å²) in [5.74, 6) is -0.311. The molecular weight excluding hydrogens is 169 g/mol. The van der Waals surface area contributed by atoms with Crippen LogP contribution in [-0.4, -0.2) is 15.7 Å². The molecule has 1 aliphatic rings. The number of pyridine rings is 1. The Morgan fingerprint density at radius 3 is 2.77 bits per heavy atom. The van der Waals surface area contributed by atoms with Crippen LogP contribution in [0.3, 0.4) is 0 Å². The molecule has 0 bridgehead atoms. The van der Waals surface area contributed by atoms with E-state index in [0.29, 0.717) is 0 Å². The quantitative estimate of drug-likeness (QED) is 0.769. The van der Waals surface area contributed by atoms with Crippen LogP contribution in [0, 0.1) is 5.82 Å². The van der Waals surface area contributed by atoms with Crippen molar-refractivity contribution in [3.05, 3.63) is 29.8 Å². The molecule has 1 saturated carbocycles. The molecule has 13 heavy (non-hydrogen) atoms. The Labute approximate surface area is 76.4 Å². The van der Waals surface area contributed by atoms with Crippen LogP contribution in [-0.2, 0) is 6.42 Å². The van der Waals surface area contributed by atoms with Crippen LogP contribution in [0.2, 0.25) is 0 Å². The fourth-order valence-electron chi connectivity index (χ4n) is 1.31. The summed E-state index contributed by atoms with van der Waals surface area (Å²) in [5.41, 5.74) is 0.414. The van der Waals surface area contributed by atoms with Gasteiger partial charge >= 0.3 is 0 Å². The summed E-state index contributed by atoms with van der Waals surface area (Å²) in [4.78, 5) is 3.92. The Bertz CT molecular complexity index is 292. The van der Waals surface area contributed by atoms with Crippen LogP contribution in [0.4, 0.5) is 4.39 Å². The highest BCUT2D eigenvalue weighted by molar-refractivity contribution is 5.07. The zero-order chi connectivity index (χ0) is 9.31. The second-order valence-corrected chi connectivity index (χ2v) is 3.69. The molecule has 0 aliphatic heterocycles.